The topological polar surface area (TPSA) is 114 Å². The van der Waals surface area contributed by atoms with Gasteiger partial charge in [-0.2, -0.15) is 0 Å². The lowest BCUT2D eigenvalue weighted by atomic mass is 10.1. The smallest absolute Gasteiger partial charge is 0.264 e. The number of anilines is 1. The molecule has 0 fully saturated rings. The van der Waals surface area contributed by atoms with Crippen LogP contribution in [0.5, 0.6) is 17.2 Å². The van der Waals surface area contributed by atoms with Crippen molar-refractivity contribution in [3.8, 4) is 17.2 Å². The third kappa shape index (κ3) is 8.22. The number of carbonyl (C=O) groups excluding carboxylic acids is 2. The number of hydrogen-bond acceptors (Lipinski definition) is 7. The molecule has 0 saturated carbocycles. The Hall–Kier alpha value is -4.25. The van der Waals surface area contributed by atoms with Crippen LogP contribution in [0.3, 0.4) is 0 Å². The van der Waals surface area contributed by atoms with Gasteiger partial charge in [0.2, 0.25) is 11.8 Å². The lowest BCUT2D eigenvalue weighted by molar-refractivity contribution is -0.139. The van der Waals surface area contributed by atoms with E-state index in [1.807, 2.05) is 39.8 Å². The number of sulfonamides is 1. The summed E-state index contributed by atoms with van der Waals surface area (Å²) in [5.74, 6) is 0.306. The van der Waals surface area contributed by atoms with Gasteiger partial charge in [0, 0.05) is 18.7 Å². The molecular weight excluding hydrogens is 582 g/mol. The summed E-state index contributed by atoms with van der Waals surface area (Å²) in [5, 5.41) is 2.94. The van der Waals surface area contributed by atoms with Crippen molar-refractivity contribution >= 4 is 27.5 Å². The summed E-state index contributed by atoms with van der Waals surface area (Å²) in [6.07, 6.45) is 0.715. The molecule has 0 unspecified atom stereocenters. The second-order valence-corrected chi connectivity index (χ2v) is 12.6. The van der Waals surface area contributed by atoms with Crippen molar-refractivity contribution in [3.05, 3.63) is 77.4 Å². The Balaban J connectivity index is 2.11. The SMILES string of the molecule is CC[C@@H](C)NC(=O)[C@H](C)N(Cc1cccc(OC)c1)C(=O)CN(c1cc(C)cc(C)c1)S(=O)(=O)c1ccc(OC)c(OC)c1. The van der Waals surface area contributed by atoms with E-state index < -0.39 is 28.5 Å². The van der Waals surface area contributed by atoms with Crippen LogP contribution in [0.25, 0.3) is 0 Å². The molecular formula is C33H43N3O7S. The Morgan fingerprint density at radius 1 is 0.864 bits per heavy atom. The van der Waals surface area contributed by atoms with Gasteiger partial charge in [0.25, 0.3) is 10.0 Å². The summed E-state index contributed by atoms with van der Waals surface area (Å²) in [4.78, 5) is 28.8. The van der Waals surface area contributed by atoms with Gasteiger partial charge in [-0.1, -0.05) is 25.1 Å². The molecule has 2 atom stereocenters. The number of benzene rings is 3. The monoisotopic (exact) mass is 625 g/mol. The first-order valence-corrected chi connectivity index (χ1v) is 15.8. The molecule has 238 valence electrons. The average Bonchev–Trinajstić information content (AvgIpc) is 3.00. The van der Waals surface area contributed by atoms with Crippen molar-refractivity contribution in [2.75, 3.05) is 32.2 Å². The van der Waals surface area contributed by atoms with Gasteiger partial charge < -0.3 is 24.4 Å². The molecule has 0 heterocycles. The maximum Gasteiger partial charge on any atom is 0.264 e. The van der Waals surface area contributed by atoms with Crippen molar-refractivity contribution in [1.82, 2.24) is 10.2 Å². The molecule has 1 N–H and O–H groups in total. The number of methoxy groups -OCH3 is 3. The van der Waals surface area contributed by atoms with Crippen LogP contribution in [0.1, 0.15) is 43.9 Å². The Bertz CT molecular complexity index is 1560. The van der Waals surface area contributed by atoms with Gasteiger partial charge in [0.05, 0.1) is 31.9 Å². The van der Waals surface area contributed by atoms with Crippen LogP contribution in [0.4, 0.5) is 5.69 Å². The van der Waals surface area contributed by atoms with E-state index in [9.17, 15) is 18.0 Å². The van der Waals surface area contributed by atoms with Crippen molar-refractivity contribution in [2.24, 2.45) is 0 Å². The first-order chi connectivity index (χ1) is 20.8. The minimum absolute atomic E-state index is 0.0578. The largest absolute Gasteiger partial charge is 0.497 e. The Morgan fingerprint density at radius 2 is 1.52 bits per heavy atom. The summed E-state index contributed by atoms with van der Waals surface area (Å²) >= 11 is 0. The molecule has 11 heteroatoms. The van der Waals surface area contributed by atoms with E-state index >= 15 is 0 Å². The van der Waals surface area contributed by atoms with Crippen LogP contribution in [-0.4, -0.2) is 65.1 Å². The minimum atomic E-state index is -4.30. The van der Waals surface area contributed by atoms with Crippen molar-refractivity contribution < 1.29 is 32.2 Å². The number of amides is 2. The second-order valence-electron chi connectivity index (χ2n) is 10.7. The van der Waals surface area contributed by atoms with E-state index in [1.54, 1.807) is 44.4 Å². The van der Waals surface area contributed by atoms with Gasteiger partial charge in [0.15, 0.2) is 11.5 Å². The molecule has 0 bridgehead atoms. The number of hydrogen-bond donors (Lipinski definition) is 1. The maximum atomic E-state index is 14.3. The molecule has 2 amide bonds. The molecule has 0 aliphatic heterocycles. The highest BCUT2D eigenvalue weighted by molar-refractivity contribution is 7.92. The Morgan fingerprint density at radius 3 is 2.11 bits per heavy atom. The molecule has 3 rings (SSSR count). The van der Waals surface area contributed by atoms with E-state index in [0.29, 0.717) is 23.6 Å². The van der Waals surface area contributed by atoms with E-state index in [0.717, 1.165) is 21.0 Å². The number of carbonyl (C=O) groups is 2. The highest BCUT2D eigenvalue weighted by Crippen LogP contribution is 2.33. The van der Waals surface area contributed by atoms with Crippen LogP contribution in [0.2, 0.25) is 0 Å². The van der Waals surface area contributed by atoms with Gasteiger partial charge in [-0.3, -0.25) is 13.9 Å². The van der Waals surface area contributed by atoms with E-state index in [4.69, 9.17) is 14.2 Å². The third-order valence-electron chi connectivity index (χ3n) is 7.37. The van der Waals surface area contributed by atoms with Gasteiger partial charge in [-0.05, 0) is 87.2 Å². The molecule has 10 nitrogen and oxygen atoms in total. The van der Waals surface area contributed by atoms with Crippen LogP contribution >= 0.6 is 0 Å². The number of nitrogens with zero attached hydrogens (tertiary/aromatic N) is 2. The van der Waals surface area contributed by atoms with Crippen molar-refractivity contribution in [3.63, 3.8) is 0 Å². The molecule has 0 radical (unpaired) electrons. The number of ether oxygens (including phenoxy) is 3. The van der Waals surface area contributed by atoms with E-state index in [2.05, 4.69) is 5.32 Å². The molecule has 3 aromatic rings. The van der Waals surface area contributed by atoms with Crippen molar-refractivity contribution in [1.29, 1.82) is 0 Å². The van der Waals surface area contributed by atoms with Gasteiger partial charge >= 0.3 is 0 Å². The quantitative estimate of drug-likeness (QED) is 0.272. The molecule has 0 spiro atoms. The molecule has 3 aromatic carbocycles. The third-order valence-corrected chi connectivity index (χ3v) is 9.14. The summed E-state index contributed by atoms with van der Waals surface area (Å²) in [6.45, 7) is 8.70. The fraction of sp³-hybridized carbons (Fsp3) is 0.394. The Labute approximate surface area is 261 Å². The predicted molar refractivity (Wildman–Crippen MR) is 171 cm³/mol. The highest BCUT2D eigenvalue weighted by Gasteiger charge is 2.33. The van der Waals surface area contributed by atoms with Crippen LogP contribution in [0.15, 0.2) is 65.6 Å². The first-order valence-electron chi connectivity index (χ1n) is 14.4. The molecule has 0 aliphatic rings. The zero-order chi connectivity index (χ0) is 32.6. The van der Waals surface area contributed by atoms with Crippen molar-refractivity contribution in [2.45, 2.75) is 64.6 Å². The fourth-order valence-electron chi connectivity index (χ4n) is 4.74. The van der Waals surface area contributed by atoms with Crippen LogP contribution in [-0.2, 0) is 26.2 Å². The average molecular weight is 626 g/mol. The summed E-state index contributed by atoms with van der Waals surface area (Å²) in [7, 11) is 0.129. The molecule has 0 aromatic heterocycles. The van der Waals surface area contributed by atoms with Gasteiger partial charge in [-0.15, -0.1) is 0 Å². The summed E-state index contributed by atoms with van der Waals surface area (Å²) in [5.41, 5.74) is 2.70. The normalized spacial score (nSPS) is 12.5. The number of rotatable bonds is 14. The lowest BCUT2D eigenvalue weighted by Crippen LogP contribution is -2.52. The van der Waals surface area contributed by atoms with E-state index in [-0.39, 0.29) is 29.1 Å². The van der Waals surface area contributed by atoms with Gasteiger partial charge in [-0.25, -0.2) is 8.42 Å². The molecule has 0 saturated heterocycles. The number of aryl methyl sites for hydroxylation is 2. The molecule has 44 heavy (non-hydrogen) atoms. The second kappa shape index (κ2) is 15.0. The zero-order valence-electron chi connectivity index (χ0n) is 26.7. The zero-order valence-corrected chi connectivity index (χ0v) is 27.5. The predicted octanol–water partition coefficient (Wildman–Crippen LogP) is 4.86. The summed E-state index contributed by atoms with van der Waals surface area (Å²) in [6, 6.07) is 15.8. The van der Waals surface area contributed by atoms with E-state index in [1.165, 1.54) is 37.3 Å². The van der Waals surface area contributed by atoms with Gasteiger partial charge in [0.1, 0.15) is 18.3 Å². The van der Waals surface area contributed by atoms with Crippen LogP contribution < -0.4 is 23.8 Å². The Kier molecular flexibility index (Phi) is 11.6. The van der Waals surface area contributed by atoms with Crippen LogP contribution in [0, 0.1) is 13.8 Å². The lowest BCUT2D eigenvalue weighted by Gasteiger charge is -2.32. The summed E-state index contributed by atoms with van der Waals surface area (Å²) < 4.78 is 45.6. The fourth-order valence-corrected chi connectivity index (χ4v) is 6.16. The first kappa shape index (κ1) is 34.2. The number of nitrogens with one attached hydrogen (secondary N) is 1. The standard InChI is InChI=1S/C33H43N3O7S/c1-9-24(4)34-33(38)25(5)35(20-26-11-10-12-28(18-26)41-6)32(37)21-36(27-16-22(2)15-23(3)17-27)44(39,40)29-13-14-30(42-7)31(19-29)43-8/h10-19,24-25H,9,20-21H2,1-8H3,(H,34,38)/t24-,25+/m1/s1. The molecule has 0 aliphatic carbocycles. The minimum Gasteiger partial charge on any atom is -0.497 e. The highest BCUT2D eigenvalue weighted by atomic mass is 32.2. The maximum absolute atomic E-state index is 14.3.